The smallest absolute Gasteiger partial charge is 0.150 e. The number of aryl methyl sites for hydroxylation is 1. The lowest BCUT2D eigenvalue weighted by Gasteiger charge is -2.08. The van der Waals surface area contributed by atoms with Gasteiger partial charge in [-0.25, -0.2) is 4.98 Å². The fourth-order valence-corrected chi connectivity index (χ4v) is 2.60. The molecular weight excluding hydrogens is 298 g/mol. The predicted molar refractivity (Wildman–Crippen MR) is 96.2 cm³/mol. The molecule has 1 aromatic heterocycles. The Morgan fingerprint density at radius 2 is 1.92 bits per heavy atom. The number of aromatic nitrogens is 2. The van der Waals surface area contributed by atoms with Gasteiger partial charge in [0.2, 0.25) is 0 Å². The van der Waals surface area contributed by atoms with Gasteiger partial charge in [0.1, 0.15) is 12.1 Å². The molecule has 1 heterocycles. The van der Waals surface area contributed by atoms with Crippen molar-refractivity contribution in [3.8, 4) is 11.3 Å². The zero-order valence-electron chi connectivity index (χ0n) is 13.6. The molecule has 24 heavy (non-hydrogen) atoms. The van der Waals surface area contributed by atoms with Crippen molar-refractivity contribution in [3.05, 3.63) is 77.6 Å². The molecule has 0 atom stereocenters. The first-order chi connectivity index (χ1) is 11.7. The van der Waals surface area contributed by atoms with E-state index in [1.54, 1.807) is 12.4 Å². The van der Waals surface area contributed by atoms with E-state index in [1.165, 1.54) is 5.56 Å². The first-order valence-corrected chi connectivity index (χ1v) is 7.92. The van der Waals surface area contributed by atoms with Crippen LogP contribution in [0.3, 0.4) is 0 Å². The average Bonchev–Trinajstić information content (AvgIpc) is 2.62. The maximum absolute atomic E-state index is 11.0. The van der Waals surface area contributed by atoms with Gasteiger partial charge in [-0.2, -0.15) is 0 Å². The Morgan fingerprint density at radius 3 is 2.71 bits per heavy atom. The van der Waals surface area contributed by atoms with Crippen LogP contribution >= 0.6 is 0 Å². The molecule has 120 valence electrons. The largest absolute Gasteiger partial charge is 0.368 e. The van der Waals surface area contributed by atoms with Gasteiger partial charge in [-0.05, 0) is 42.7 Å². The third-order valence-electron chi connectivity index (χ3n) is 3.73. The number of aldehydes is 1. The van der Waals surface area contributed by atoms with Crippen LogP contribution in [0.2, 0.25) is 0 Å². The van der Waals surface area contributed by atoms with Gasteiger partial charge in [-0.3, -0.25) is 9.78 Å². The highest BCUT2D eigenvalue weighted by Gasteiger charge is 2.05. The molecule has 0 spiro atoms. The lowest BCUT2D eigenvalue weighted by Crippen LogP contribution is -2.07. The van der Waals surface area contributed by atoms with Crippen molar-refractivity contribution in [2.24, 2.45) is 0 Å². The summed E-state index contributed by atoms with van der Waals surface area (Å²) in [6, 6.07) is 16.0. The molecule has 0 bridgehead atoms. The van der Waals surface area contributed by atoms with Gasteiger partial charge in [0.15, 0.2) is 0 Å². The van der Waals surface area contributed by atoms with Crippen molar-refractivity contribution in [2.75, 3.05) is 11.9 Å². The molecular formula is C20H19N3O. The summed E-state index contributed by atoms with van der Waals surface area (Å²) in [5, 5.41) is 3.30. The third kappa shape index (κ3) is 4.04. The quantitative estimate of drug-likeness (QED) is 0.700. The molecule has 0 aliphatic rings. The number of nitrogens with zero attached hydrogens (tertiary/aromatic N) is 2. The van der Waals surface area contributed by atoms with Gasteiger partial charge in [0, 0.05) is 17.7 Å². The number of rotatable bonds is 6. The Bertz CT molecular complexity index is 831. The van der Waals surface area contributed by atoms with Crippen LogP contribution in [0.4, 0.5) is 5.82 Å². The first-order valence-electron chi connectivity index (χ1n) is 7.92. The minimum Gasteiger partial charge on any atom is -0.368 e. The van der Waals surface area contributed by atoms with Crippen molar-refractivity contribution in [1.29, 1.82) is 0 Å². The predicted octanol–water partition coefficient (Wildman–Crippen LogP) is 3.92. The SMILES string of the molecule is Cc1cc(C=O)cc(-c2cncc(NCCc3ccccc3)n2)c1. The Hall–Kier alpha value is -3.01. The molecule has 4 heteroatoms. The molecule has 0 saturated heterocycles. The number of nitrogens with one attached hydrogen (secondary N) is 1. The summed E-state index contributed by atoms with van der Waals surface area (Å²) in [5.74, 6) is 0.734. The molecule has 0 aliphatic carbocycles. The van der Waals surface area contributed by atoms with Crippen molar-refractivity contribution in [2.45, 2.75) is 13.3 Å². The van der Waals surface area contributed by atoms with E-state index >= 15 is 0 Å². The Kier molecular flexibility index (Phi) is 4.96. The summed E-state index contributed by atoms with van der Waals surface area (Å²) in [6.07, 6.45) is 5.20. The summed E-state index contributed by atoms with van der Waals surface area (Å²) in [6.45, 7) is 2.75. The van der Waals surface area contributed by atoms with Crippen LogP contribution in [0.1, 0.15) is 21.5 Å². The second-order valence-electron chi connectivity index (χ2n) is 5.70. The van der Waals surface area contributed by atoms with Crippen molar-refractivity contribution >= 4 is 12.1 Å². The standard InChI is InChI=1S/C20H19N3O/c1-15-9-17(14-24)11-18(10-15)19-12-21-13-20(23-19)22-8-7-16-5-3-2-4-6-16/h2-6,9-14H,7-8H2,1H3,(H,22,23). The van der Waals surface area contributed by atoms with Crippen molar-refractivity contribution < 1.29 is 4.79 Å². The molecule has 2 aromatic carbocycles. The molecule has 0 radical (unpaired) electrons. The van der Waals surface area contributed by atoms with Crippen LogP contribution in [0.5, 0.6) is 0 Å². The van der Waals surface area contributed by atoms with Crippen LogP contribution in [0, 0.1) is 6.92 Å². The lowest BCUT2D eigenvalue weighted by molar-refractivity contribution is 0.112. The van der Waals surface area contributed by atoms with E-state index < -0.39 is 0 Å². The number of carbonyl (C=O) groups excluding carboxylic acids is 1. The summed E-state index contributed by atoms with van der Waals surface area (Å²) >= 11 is 0. The number of hydrogen-bond acceptors (Lipinski definition) is 4. The Morgan fingerprint density at radius 1 is 1.08 bits per heavy atom. The molecule has 0 amide bonds. The van der Waals surface area contributed by atoms with Crippen LogP contribution in [-0.4, -0.2) is 22.8 Å². The maximum atomic E-state index is 11.0. The zero-order chi connectivity index (χ0) is 16.8. The van der Waals surface area contributed by atoms with E-state index in [9.17, 15) is 4.79 Å². The lowest BCUT2D eigenvalue weighted by atomic mass is 10.1. The summed E-state index contributed by atoms with van der Waals surface area (Å²) in [7, 11) is 0. The van der Waals surface area contributed by atoms with E-state index in [4.69, 9.17) is 0 Å². The number of anilines is 1. The average molecular weight is 317 g/mol. The molecule has 3 aromatic rings. The third-order valence-corrected chi connectivity index (χ3v) is 3.73. The molecule has 0 unspecified atom stereocenters. The highest BCUT2D eigenvalue weighted by atomic mass is 16.1. The summed E-state index contributed by atoms with van der Waals surface area (Å²) in [4.78, 5) is 19.9. The minimum absolute atomic E-state index is 0.647. The van der Waals surface area contributed by atoms with Gasteiger partial charge in [0.05, 0.1) is 18.1 Å². The van der Waals surface area contributed by atoms with Gasteiger partial charge in [-0.1, -0.05) is 30.3 Å². The van der Waals surface area contributed by atoms with Gasteiger partial charge in [-0.15, -0.1) is 0 Å². The second kappa shape index (κ2) is 7.51. The van der Waals surface area contributed by atoms with Crippen LogP contribution in [0.15, 0.2) is 60.9 Å². The molecule has 0 aliphatic heterocycles. The van der Waals surface area contributed by atoms with E-state index in [2.05, 4.69) is 27.4 Å². The van der Waals surface area contributed by atoms with E-state index in [0.29, 0.717) is 5.56 Å². The van der Waals surface area contributed by atoms with Crippen LogP contribution < -0.4 is 5.32 Å². The highest BCUT2D eigenvalue weighted by Crippen LogP contribution is 2.20. The summed E-state index contributed by atoms with van der Waals surface area (Å²) in [5.41, 5.74) is 4.61. The molecule has 0 fully saturated rings. The number of carbonyl (C=O) groups is 1. The fraction of sp³-hybridized carbons (Fsp3) is 0.150. The Labute approximate surface area is 141 Å². The molecule has 0 saturated carbocycles. The van der Waals surface area contributed by atoms with Crippen LogP contribution in [-0.2, 0) is 6.42 Å². The number of hydrogen-bond donors (Lipinski definition) is 1. The second-order valence-corrected chi connectivity index (χ2v) is 5.70. The topological polar surface area (TPSA) is 54.9 Å². The molecule has 4 nitrogen and oxygen atoms in total. The van der Waals surface area contributed by atoms with Crippen molar-refractivity contribution in [1.82, 2.24) is 9.97 Å². The monoisotopic (exact) mass is 317 g/mol. The maximum Gasteiger partial charge on any atom is 0.150 e. The minimum atomic E-state index is 0.647. The van der Waals surface area contributed by atoms with Crippen LogP contribution in [0.25, 0.3) is 11.3 Å². The first kappa shape index (κ1) is 15.9. The highest BCUT2D eigenvalue weighted by molar-refractivity contribution is 5.79. The van der Waals surface area contributed by atoms with E-state index in [0.717, 1.165) is 41.9 Å². The van der Waals surface area contributed by atoms with E-state index in [1.807, 2.05) is 43.3 Å². The van der Waals surface area contributed by atoms with E-state index in [-0.39, 0.29) is 0 Å². The summed E-state index contributed by atoms with van der Waals surface area (Å²) < 4.78 is 0. The Balaban J connectivity index is 1.72. The molecule has 3 rings (SSSR count). The molecule has 1 N–H and O–H groups in total. The van der Waals surface area contributed by atoms with Crippen molar-refractivity contribution in [3.63, 3.8) is 0 Å². The normalized spacial score (nSPS) is 10.4. The van der Waals surface area contributed by atoms with Gasteiger partial charge < -0.3 is 5.32 Å². The fourth-order valence-electron chi connectivity index (χ4n) is 2.60. The number of benzene rings is 2. The zero-order valence-corrected chi connectivity index (χ0v) is 13.6. The van der Waals surface area contributed by atoms with Gasteiger partial charge >= 0.3 is 0 Å². The van der Waals surface area contributed by atoms with Gasteiger partial charge in [0.25, 0.3) is 0 Å².